The van der Waals surface area contributed by atoms with Crippen LogP contribution >= 0.6 is 15.9 Å². The van der Waals surface area contributed by atoms with Crippen molar-refractivity contribution in [3.63, 3.8) is 0 Å². The number of carbonyl (C=O) groups is 1. The molecule has 0 saturated heterocycles. The molecule has 0 aliphatic rings. The van der Waals surface area contributed by atoms with Gasteiger partial charge in [-0.25, -0.2) is 0 Å². The summed E-state index contributed by atoms with van der Waals surface area (Å²) in [5.41, 5.74) is 6.59. The molecule has 88 valence electrons. The van der Waals surface area contributed by atoms with Gasteiger partial charge in [-0.3, -0.25) is 4.79 Å². The van der Waals surface area contributed by atoms with Gasteiger partial charge in [0, 0.05) is 4.47 Å². The Morgan fingerprint density at radius 3 is 2.94 bits per heavy atom. The lowest BCUT2D eigenvalue weighted by Gasteiger charge is -2.10. The maximum Gasteiger partial charge on any atom is 0.323 e. The van der Waals surface area contributed by atoms with Crippen molar-refractivity contribution in [2.24, 2.45) is 5.73 Å². The van der Waals surface area contributed by atoms with Gasteiger partial charge in [0.15, 0.2) is 0 Å². The molecule has 0 aliphatic carbocycles. The van der Waals surface area contributed by atoms with Crippen LogP contribution in [0.3, 0.4) is 0 Å². The molecule has 0 radical (unpaired) electrons. The second kappa shape index (κ2) is 6.66. The van der Waals surface area contributed by atoms with Crippen molar-refractivity contribution in [1.29, 1.82) is 0 Å². The Labute approximate surface area is 104 Å². The molecule has 0 aromatic heterocycles. The molecule has 0 aliphatic heterocycles. The molecular formula is C12H16BrNO2. The first-order valence-electron chi connectivity index (χ1n) is 5.30. The number of nitrogens with two attached hydrogens (primary N) is 1. The van der Waals surface area contributed by atoms with Crippen LogP contribution in [-0.4, -0.2) is 12.0 Å². The number of halogens is 1. The standard InChI is InChI=1S/C12H16BrNO2/c1-2-4-11(14)12(15)16-8-9-5-3-6-10(13)7-9/h3,5-7,11H,2,4,8,14H2,1H3/t11-/m0/s1. The van der Waals surface area contributed by atoms with Gasteiger partial charge in [-0.15, -0.1) is 0 Å². The zero-order valence-corrected chi connectivity index (χ0v) is 10.9. The van der Waals surface area contributed by atoms with Crippen molar-refractivity contribution >= 4 is 21.9 Å². The molecule has 1 aromatic rings. The van der Waals surface area contributed by atoms with Crippen LogP contribution in [0.25, 0.3) is 0 Å². The van der Waals surface area contributed by atoms with E-state index in [0.717, 1.165) is 16.5 Å². The Bertz CT molecular complexity index is 355. The van der Waals surface area contributed by atoms with Crippen molar-refractivity contribution < 1.29 is 9.53 Å². The van der Waals surface area contributed by atoms with Gasteiger partial charge in [-0.1, -0.05) is 41.4 Å². The van der Waals surface area contributed by atoms with Gasteiger partial charge in [0.1, 0.15) is 12.6 Å². The summed E-state index contributed by atoms with van der Waals surface area (Å²) in [7, 11) is 0. The van der Waals surface area contributed by atoms with Gasteiger partial charge >= 0.3 is 5.97 Å². The number of hydrogen-bond donors (Lipinski definition) is 1. The average Bonchev–Trinajstić information content (AvgIpc) is 2.26. The van der Waals surface area contributed by atoms with Gasteiger partial charge in [0.25, 0.3) is 0 Å². The quantitative estimate of drug-likeness (QED) is 0.846. The minimum atomic E-state index is -0.503. The maximum absolute atomic E-state index is 11.4. The lowest BCUT2D eigenvalue weighted by atomic mass is 10.2. The molecule has 1 atom stereocenters. The zero-order chi connectivity index (χ0) is 12.0. The van der Waals surface area contributed by atoms with Crippen LogP contribution in [0.4, 0.5) is 0 Å². The van der Waals surface area contributed by atoms with Crippen LogP contribution in [-0.2, 0) is 16.1 Å². The first kappa shape index (κ1) is 13.2. The Kier molecular flexibility index (Phi) is 5.49. The number of benzene rings is 1. The Balaban J connectivity index is 2.42. The van der Waals surface area contributed by atoms with Crippen molar-refractivity contribution in [3.8, 4) is 0 Å². The Morgan fingerprint density at radius 1 is 1.56 bits per heavy atom. The summed E-state index contributed by atoms with van der Waals surface area (Å²) >= 11 is 3.36. The van der Waals surface area contributed by atoms with Gasteiger partial charge in [-0.05, 0) is 24.1 Å². The lowest BCUT2D eigenvalue weighted by Crippen LogP contribution is -2.31. The number of esters is 1. The van der Waals surface area contributed by atoms with E-state index in [1.807, 2.05) is 31.2 Å². The van der Waals surface area contributed by atoms with E-state index in [1.165, 1.54) is 0 Å². The third kappa shape index (κ3) is 4.33. The lowest BCUT2D eigenvalue weighted by molar-refractivity contribution is -0.146. The molecule has 1 rings (SSSR count). The fraction of sp³-hybridized carbons (Fsp3) is 0.417. The molecule has 0 spiro atoms. The zero-order valence-electron chi connectivity index (χ0n) is 9.28. The molecule has 0 heterocycles. The highest BCUT2D eigenvalue weighted by molar-refractivity contribution is 9.10. The summed E-state index contributed by atoms with van der Waals surface area (Å²) in [4.78, 5) is 11.4. The number of rotatable bonds is 5. The molecule has 3 nitrogen and oxygen atoms in total. The summed E-state index contributed by atoms with van der Waals surface area (Å²) < 4.78 is 6.08. The van der Waals surface area contributed by atoms with E-state index in [1.54, 1.807) is 0 Å². The molecule has 4 heteroatoms. The van der Waals surface area contributed by atoms with Gasteiger partial charge in [0.05, 0.1) is 0 Å². The van der Waals surface area contributed by atoms with Crippen LogP contribution in [0, 0.1) is 0 Å². The van der Waals surface area contributed by atoms with Gasteiger partial charge in [-0.2, -0.15) is 0 Å². The van der Waals surface area contributed by atoms with E-state index in [0.29, 0.717) is 6.42 Å². The minimum Gasteiger partial charge on any atom is -0.460 e. The smallest absolute Gasteiger partial charge is 0.323 e. The highest BCUT2D eigenvalue weighted by Gasteiger charge is 2.13. The number of ether oxygens (including phenoxy) is 1. The topological polar surface area (TPSA) is 52.3 Å². The molecular weight excluding hydrogens is 270 g/mol. The fourth-order valence-corrected chi connectivity index (χ4v) is 1.76. The normalized spacial score (nSPS) is 12.2. The molecule has 0 amide bonds. The van der Waals surface area contributed by atoms with Crippen LogP contribution in [0.1, 0.15) is 25.3 Å². The highest BCUT2D eigenvalue weighted by Crippen LogP contribution is 2.12. The van der Waals surface area contributed by atoms with E-state index in [4.69, 9.17) is 10.5 Å². The SMILES string of the molecule is CCC[C@H](N)C(=O)OCc1cccc(Br)c1. The summed E-state index contributed by atoms with van der Waals surface area (Å²) in [6.45, 7) is 2.26. The first-order valence-corrected chi connectivity index (χ1v) is 6.09. The minimum absolute atomic E-state index is 0.273. The average molecular weight is 286 g/mol. The Hall–Kier alpha value is -0.870. The Morgan fingerprint density at radius 2 is 2.31 bits per heavy atom. The molecule has 16 heavy (non-hydrogen) atoms. The van der Waals surface area contributed by atoms with Crippen LogP contribution < -0.4 is 5.73 Å². The van der Waals surface area contributed by atoms with Crippen molar-refractivity contribution in [1.82, 2.24) is 0 Å². The summed E-state index contributed by atoms with van der Waals surface area (Å²) in [6.07, 6.45) is 1.55. The number of hydrogen-bond acceptors (Lipinski definition) is 3. The van der Waals surface area contributed by atoms with E-state index in [9.17, 15) is 4.79 Å². The van der Waals surface area contributed by atoms with Crippen molar-refractivity contribution in [3.05, 3.63) is 34.3 Å². The third-order valence-corrected chi connectivity index (χ3v) is 2.67. The third-order valence-electron chi connectivity index (χ3n) is 2.17. The molecule has 0 fully saturated rings. The van der Waals surface area contributed by atoms with E-state index < -0.39 is 6.04 Å². The highest BCUT2D eigenvalue weighted by atomic mass is 79.9. The summed E-state index contributed by atoms with van der Waals surface area (Å²) in [5.74, 6) is -0.332. The van der Waals surface area contributed by atoms with Gasteiger partial charge < -0.3 is 10.5 Å². The van der Waals surface area contributed by atoms with E-state index in [2.05, 4.69) is 15.9 Å². The van der Waals surface area contributed by atoms with Crippen LogP contribution in [0.5, 0.6) is 0 Å². The summed E-state index contributed by atoms with van der Waals surface area (Å²) in [5, 5.41) is 0. The van der Waals surface area contributed by atoms with Crippen molar-refractivity contribution in [2.45, 2.75) is 32.4 Å². The predicted octanol–water partition coefficient (Wildman–Crippen LogP) is 2.62. The second-order valence-corrected chi connectivity index (χ2v) is 4.55. The van der Waals surface area contributed by atoms with Crippen molar-refractivity contribution in [2.75, 3.05) is 0 Å². The maximum atomic E-state index is 11.4. The predicted molar refractivity (Wildman–Crippen MR) is 66.8 cm³/mol. The fourth-order valence-electron chi connectivity index (χ4n) is 1.32. The largest absolute Gasteiger partial charge is 0.460 e. The first-order chi connectivity index (χ1) is 7.63. The van der Waals surface area contributed by atoms with Crippen LogP contribution in [0.2, 0.25) is 0 Å². The monoisotopic (exact) mass is 285 g/mol. The second-order valence-electron chi connectivity index (χ2n) is 3.63. The molecule has 2 N–H and O–H groups in total. The number of carbonyl (C=O) groups excluding carboxylic acids is 1. The molecule has 1 aromatic carbocycles. The van der Waals surface area contributed by atoms with E-state index in [-0.39, 0.29) is 12.6 Å². The van der Waals surface area contributed by atoms with Crippen LogP contribution in [0.15, 0.2) is 28.7 Å². The summed E-state index contributed by atoms with van der Waals surface area (Å²) in [6, 6.07) is 7.15. The molecule has 0 unspecified atom stereocenters. The van der Waals surface area contributed by atoms with E-state index >= 15 is 0 Å². The molecule has 0 saturated carbocycles. The van der Waals surface area contributed by atoms with Gasteiger partial charge in [0.2, 0.25) is 0 Å². The molecule has 0 bridgehead atoms.